The van der Waals surface area contributed by atoms with Gasteiger partial charge < -0.3 is 4.90 Å². The zero-order chi connectivity index (χ0) is 17.3. The molecule has 1 fully saturated rings. The lowest BCUT2D eigenvalue weighted by Gasteiger charge is -2.32. The molecule has 1 unspecified atom stereocenters. The van der Waals surface area contributed by atoms with Crippen LogP contribution in [0.4, 0.5) is 5.69 Å². The van der Waals surface area contributed by atoms with Gasteiger partial charge in [-0.25, -0.2) is 4.98 Å². The molecule has 0 saturated carbocycles. The number of hydrogen-bond donors (Lipinski definition) is 0. The Morgan fingerprint density at radius 3 is 2.83 bits per heavy atom. The summed E-state index contributed by atoms with van der Waals surface area (Å²) in [6.07, 6.45) is 3.86. The number of non-ortho nitro benzene ring substituents is 1. The third-order valence-electron chi connectivity index (χ3n) is 4.35. The van der Waals surface area contributed by atoms with Gasteiger partial charge in [-0.1, -0.05) is 0 Å². The molecule has 1 aliphatic heterocycles. The second-order valence-corrected chi connectivity index (χ2v) is 7.42. The van der Waals surface area contributed by atoms with Crippen LogP contribution in [0.15, 0.2) is 24.4 Å². The lowest BCUT2D eigenvalue weighted by atomic mass is 9.97. The van der Waals surface area contributed by atoms with E-state index in [1.165, 1.54) is 17.0 Å². The Hall–Kier alpha value is -2.28. The number of rotatable bonds is 3. The number of thiazole rings is 1. The summed E-state index contributed by atoms with van der Waals surface area (Å²) in [6.45, 7) is 5.15. The largest absolute Gasteiger partial charge is 0.338 e. The van der Waals surface area contributed by atoms with Gasteiger partial charge in [0.25, 0.3) is 11.6 Å². The van der Waals surface area contributed by atoms with E-state index in [1.54, 1.807) is 24.3 Å². The number of likely N-dealkylation sites (tertiary alicyclic amines) is 1. The highest BCUT2D eigenvalue weighted by Crippen LogP contribution is 2.31. The van der Waals surface area contributed by atoms with Crippen molar-refractivity contribution in [3.05, 3.63) is 55.5 Å². The Labute approximate surface area is 144 Å². The fraction of sp³-hybridized carbons (Fsp3) is 0.412. The molecule has 1 amide bonds. The monoisotopic (exact) mass is 345 g/mol. The van der Waals surface area contributed by atoms with E-state index in [0.29, 0.717) is 17.7 Å². The molecule has 1 aromatic heterocycles. The average Bonchev–Trinajstić information content (AvgIpc) is 3.01. The number of piperidine rings is 1. The number of carbonyl (C=O) groups is 1. The van der Waals surface area contributed by atoms with Gasteiger partial charge in [-0.2, -0.15) is 0 Å². The zero-order valence-corrected chi connectivity index (χ0v) is 14.5. The molecule has 1 aliphatic rings. The van der Waals surface area contributed by atoms with Crippen LogP contribution in [-0.2, 0) is 0 Å². The predicted octanol–water partition coefficient (Wildman–Crippen LogP) is 3.69. The second-order valence-electron chi connectivity index (χ2n) is 6.16. The summed E-state index contributed by atoms with van der Waals surface area (Å²) in [5.74, 6) is 0.222. The maximum Gasteiger partial charge on any atom is 0.269 e. The molecule has 2 heterocycles. The van der Waals surface area contributed by atoms with Gasteiger partial charge in [-0.3, -0.25) is 14.9 Å². The highest BCUT2D eigenvalue weighted by Gasteiger charge is 2.28. The summed E-state index contributed by atoms with van der Waals surface area (Å²) in [4.78, 5) is 30.7. The van der Waals surface area contributed by atoms with Crippen LogP contribution in [0, 0.1) is 24.0 Å². The van der Waals surface area contributed by atoms with Gasteiger partial charge in [-0.05, 0) is 38.3 Å². The lowest BCUT2D eigenvalue weighted by molar-refractivity contribution is -0.384. The molecule has 24 heavy (non-hydrogen) atoms. The first-order valence-electron chi connectivity index (χ1n) is 7.92. The molecular formula is C17H19N3O3S. The van der Waals surface area contributed by atoms with Crippen molar-refractivity contribution >= 4 is 22.9 Å². The van der Waals surface area contributed by atoms with Gasteiger partial charge in [0.1, 0.15) is 0 Å². The molecular weight excluding hydrogens is 326 g/mol. The molecule has 126 valence electrons. The van der Waals surface area contributed by atoms with Crippen molar-refractivity contribution in [2.45, 2.75) is 32.6 Å². The van der Waals surface area contributed by atoms with Crippen molar-refractivity contribution in [1.82, 2.24) is 9.88 Å². The number of aryl methyl sites for hydroxylation is 2. The Morgan fingerprint density at radius 1 is 1.42 bits per heavy atom. The molecule has 6 nitrogen and oxygen atoms in total. The standard InChI is InChI=1S/C17H19N3O3S/c1-11-8-14(20(22)23)5-6-15(11)17(21)19-7-3-4-13(10-19)16-18-9-12(2)24-16/h5-6,8-9,13H,3-4,7,10H2,1-2H3. The maximum atomic E-state index is 12.8. The molecule has 0 radical (unpaired) electrons. The van der Waals surface area contributed by atoms with Crippen molar-refractivity contribution in [1.29, 1.82) is 0 Å². The number of nitro benzene ring substituents is 1. The van der Waals surface area contributed by atoms with Gasteiger partial charge >= 0.3 is 0 Å². The molecule has 1 saturated heterocycles. The number of benzene rings is 1. The van der Waals surface area contributed by atoms with E-state index in [-0.39, 0.29) is 17.5 Å². The Bertz CT molecular complexity index is 787. The minimum absolute atomic E-state index is 0.0128. The fourth-order valence-corrected chi connectivity index (χ4v) is 4.00. The van der Waals surface area contributed by atoms with Crippen LogP contribution in [0.25, 0.3) is 0 Å². The molecule has 0 bridgehead atoms. The van der Waals surface area contributed by atoms with Crippen molar-refractivity contribution in [3.63, 3.8) is 0 Å². The summed E-state index contributed by atoms with van der Waals surface area (Å²) in [7, 11) is 0. The van der Waals surface area contributed by atoms with E-state index in [0.717, 1.165) is 24.4 Å². The molecule has 7 heteroatoms. The Kier molecular flexibility index (Phi) is 4.62. The smallest absolute Gasteiger partial charge is 0.269 e. The summed E-state index contributed by atoms with van der Waals surface area (Å²) in [5.41, 5.74) is 1.19. The van der Waals surface area contributed by atoms with Gasteiger partial charge in [0.2, 0.25) is 0 Å². The minimum Gasteiger partial charge on any atom is -0.338 e. The van der Waals surface area contributed by atoms with Crippen LogP contribution >= 0.6 is 11.3 Å². The minimum atomic E-state index is -0.441. The van der Waals surface area contributed by atoms with Gasteiger partial charge in [0.05, 0.1) is 9.93 Å². The van der Waals surface area contributed by atoms with Gasteiger partial charge in [0.15, 0.2) is 0 Å². The third-order valence-corrected chi connectivity index (χ3v) is 5.42. The normalized spacial score (nSPS) is 17.8. The Balaban J connectivity index is 1.78. The first-order valence-corrected chi connectivity index (χ1v) is 8.74. The van der Waals surface area contributed by atoms with Gasteiger partial charge in [-0.15, -0.1) is 11.3 Å². The molecule has 1 aromatic carbocycles. The Morgan fingerprint density at radius 2 is 2.21 bits per heavy atom. The van der Waals surface area contributed by atoms with E-state index < -0.39 is 4.92 Å². The summed E-state index contributed by atoms with van der Waals surface area (Å²) < 4.78 is 0. The van der Waals surface area contributed by atoms with E-state index in [1.807, 2.05) is 18.0 Å². The van der Waals surface area contributed by atoms with Crippen LogP contribution in [-0.4, -0.2) is 33.8 Å². The number of amides is 1. The topological polar surface area (TPSA) is 76.3 Å². The molecule has 0 N–H and O–H groups in total. The maximum absolute atomic E-state index is 12.8. The predicted molar refractivity (Wildman–Crippen MR) is 92.6 cm³/mol. The molecule has 3 rings (SSSR count). The first-order chi connectivity index (χ1) is 11.5. The van der Waals surface area contributed by atoms with Crippen molar-refractivity contribution < 1.29 is 9.72 Å². The van der Waals surface area contributed by atoms with Crippen LogP contribution < -0.4 is 0 Å². The van der Waals surface area contributed by atoms with Crippen LogP contribution in [0.1, 0.15) is 44.6 Å². The number of aromatic nitrogens is 1. The molecule has 1 atom stereocenters. The summed E-state index contributed by atoms with van der Waals surface area (Å²) in [6, 6.07) is 4.41. The molecule has 0 aliphatic carbocycles. The average molecular weight is 345 g/mol. The van der Waals surface area contributed by atoms with E-state index in [9.17, 15) is 14.9 Å². The third kappa shape index (κ3) is 3.31. The van der Waals surface area contributed by atoms with E-state index in [2.05, 4.69) is 4.98 Å². The highest BCUT2D eigenvalue weighted by molar-refractivity contribution is 7.11. The summed E-state index contributed by atoms with van der Waals surface area (Å²) >= 11 is 1.69. The zero-order valence-electron chi connectivity index (χ0n) is 13.7. The van der Waals surface area contributed by atoms with E-state index in [4.69, 9.17) is 0 Å². The fourth-order valence-electron chi connectivity index (χ4n) is 3.10. The molecule has 0 spiro atoms. The van der Waals surface area contributed by atoms with E-state index >= 15 is 0 Å². The van der Waals surface area contributed by atoms with Crippen LogP contribution in [0.3, 0.4) is 0 Å². The second kappa shape index (κ2) is 6.68. The first kappa shape index (κ1) is 16.6. The van der Waals surface area contributed by atoms with Crippen molar-refractivity contribution in [2.24, 2.45) is 0 Å². The lowest BCUT2D eigenvalue weighted by Crippen LogP contribution is -2.39. The SMILES string of the molecule is Cc1cnc(C2CCCN(C(=O)c3ccc([N+](=O)[O-])cc3C)C2)s1. The van der Waals surface area contributed by atoms with Crippen molar-refractivity contribution in [3.8, 4) is 0 Å². The quantitative estimate of drug-likeness (QED) is 0.628. The summed E-state index contributed by atoms with van der Waals surface area (Å²) in [5, 5.41) is 11.9. The van der Waals surface area contributed by atoms with Crippen molar-refractivity contribution in [2.75, 3.05) is 13.1 Å². The number of nitrogens with zero attached hydrogens (tertiary/aromatic N) is 3. The van der Waals surface area contributed by atoms with Gasteiger partial charge in [0, 0.05) is 47.8 Å². The molecule has 2 aromatic rings. The van der Waals surface area contributed by atoms with Crippen LogP contribution in [0.2, 0.25) is 0 Å². The number of nitro groups is 1. The number of carbonyl (C=O) groups excluding carboxylic acids is 1. The van der Waals surface area contributed by atoms with Crippen LogP contribution in [0.5, 0.6) is 0 Å². The number of hydrogen-bond acceptors (Lipinski definition) is 5. The highest BCUT2D eigenvalue weighted by atomic mass is 32.1.